The van der Waals surface area contributed by atoms with Crippen LogP contribution in [0.3, 0.4) is 0 Å². The van der Waals surface area contributed by atoms with E-state index in [0.717, 1.165) is 26.7 Å². The molecule has 21 heavy (non-hydrogen) atoms. The third-order valence-corrected chi connectivity index (χ3v) is 4.64. The van der Waals surface area contributed by atoms with Crippen LogP contribution in [0.2, 0.25) is 5.02 Å². The van der Waals surface area contributed by atoms with Crippen LogP contribution in [0.15, 0.2) is 47.8 Å². The molecule has 0 fully saturated rings. The molecule has 0 radical (unpaired) electrons. The van der Waals surface area contributed by atoms with Gasteiger partial charge in [-0.3, -0.25) is 0 Å². The van der Waals surface area contributed by atoms with Crippen molar-refractivity contribution in [1.29, 1.82) is 0 Å². The maximum absolute atomic E-state index is 6.62. The lowest BCUT2D eigenvalue weighted by Gasteiger charge is -2.19. The Labute approximate surface area is 133 Å². The van der Waals surface area contributed by atoms with E-state index < -0.39 is 0 Å². The van der Waals surface area contributed by atoms with Crippen molar-refractivity contribution >= 4 is 29.0 Å². The van der Waals surface area contributed by atoms with Gasteiger partial charge in [-0.15, -0.1) is 11.8 Å². The van der Waals surface area contributed by atoms with Gasteiger partial charge in [-0.25, -0.2) is 9.50 Å². The molecule has 0 aliphatic heterocycles. The quantitative estimate of drug-likeness (QED) is 0.627. The largest absolute Gasteiger partial charge is 0.236 e. The second-order valence-corrected chi connectivity index (χ2v) is 8.02. The Hall–Kier alpha value is -1.52. The summed E-state index contributed by atoms with van der Waals surface area (Å²) < 4.78 is 1.87. The van der Waals surface area contributed by atoms with Crippen molar-refractivity contribution in [3.8, 4) is 11.1 Å². The summed E-state index contributed by atoms with van der Waals surface area (Å²) in [6.45, 7) is 6.53. The molecule has 3 rings (SSSR count). The highest BCUT2D eigenvalue weighted by atomic mass is 35.5. The Kier molecular flexibility index (Phi) is 3.68. The molecule has 0 atom stereocenters. The minimum atomic E-state index is 0.113. The molecule has 0 N–H and O–H groups in total. The van der Waals surface area contributed by atoms with Crippen LogP contribution in [0, 0.1) is 0 Å². The molecule has 0 bridgehead atoms. The number of rotatable bonds is 2. The first kappa shape index (κ1) is 14.4. The van der Waals surface area contributed by atoms with Gasteiger partial charge in [0.2, 0.25) is 0 Å². The number of benzene rings is 1. The maximum Gasteiger partial charge on any atom is 0.162 e. The average molecular weight is 318 g/mol. The number of hydrogen-bond donors (Lipinski definition) is 0. The topological polar surface area (TPSA) is 30.2 Å². The van der Waals surface area contributed by atoms with Gasteiger partial charge in [0, 0.05) is 33.2 Å². The lowest BCUT2D eigenvalue weighted by Crippen LogP contribution is -2.06. The van der Waals surface area contributed by atoms with Crippen molar-refractivity contribution in [3.63, 3.8) is 0 Å². The Bertz CT molecular complexity index is 790. The second kappa shape index (κ2) is 5.35. The number of hydrogen-bond acceptors (Lipinski definition) is 3. The molecule has 3 aromatic rings. The summed E-state index contributed by atoms with van der Waals surface area (Å²) in [6, 6.07) is 7.96. The van der Waals surface area contributed by atoms with Gasteiger partial charge in [-0.1, -0.05) is 44.5 Å². The van der Waals surface area contributed by atoms with E-state index in [4.69, 9.17) is 11.6 Å². The smallest absolute Gasteiger partial charge is 0.162 e. The third kappa shape index (κ3) is 2.92. The van der Waals surface area contributed by atoms with Crippen LogP contribution in [0.1, 0.15) is 20.8 Å². The van der Waals surface area contributed by atoms with Crippen LogP contribution in [-0.4, -0.2) is 19.3 Å². The minimum Gasteiger partial charge on any atom is -0.236 e. The Morgan fingerprint density at radius 3 is 2.71 bits per heavy atom. The molecule has 5 heteroatoms. The minimum absolute atomic E-state index is 0.113. The van der Waals surface area contributed by atoms with Crippen LogP contribution in [0.25, 0.3) is 16.8 Å². The SMILES string of the molecule is CC(C)(C)Sc1cccc(-c2cnn3cccnc23)c1Cl. The second-order valence-electron chi connectivity index (χ2n) is 5.78. The van der Waals surface area contributed by atoms with Crippen molar-refractivity contribution < 1.29 is 0 Å². The fourth-order valence-corrected chi connectivity index (χ4v) is 3.49. The van der Waals surface area contributed by atoms with Crippen molar-refractivity contribution in [2.45, 2.75) is 30.4 Å². The molecule has 0 saturated heterocycles. The molecule has 0 aliphatic rings. The first-order valence-electron chi connectivity index (χ1n) is 6.72. The van der Waals surface area contributed by atoms with E-state index >= 15 is 0 Å². The number of halogens is 1. The van der Waals surface area contributed by atoms with Crippen LogP contribution in [0.4, 0.5) is 0 Å². The highest BCUT2D eigenvalue weighted by Gasteiger charge is 2.18. The van der Waals surface area contributed by atoms with Crippen molar-refractivity contribution in [2.75, 3.05) is 0 Å². The number of thioether (sulfide) groups is 1. The zero-order valence-electron chi connectivity index (χ0n) is 12.2. The van der Waals surface area contributed by atoms with E-state index in [1.54, 1.807) is 22.5 Å². The van der Waals surface area contributed by atoms with Gasteiger partial charge in [-0.05, 0) is 12.1 Å². The van der Waals surface area contributed by atoms with Crippen LogP contribution in [0.5, 0.6) is 0 Å². The summed E-state index contributed by atoms with van der Waals surface area (Å²) in [7, 11) is 0. The Balaban J connectivity index is 2.13. The summed E-state index contributed by atoms with van der Waals surface area (Å²) in [5.41, 5.74) is 2.74. The van der Waals surface area contributed by atoms with E-state index in [1.807, 2.05) is 30.6 Å². The predicted octanol–water partition coefficient (Wildman–Crippen LogP) is 4.94. The standard InChI is InChI=1S/C16H16ClN3S/c1-16(2,3)21-13-7-4-6-11(14(13)17)12-10-19-20-9-5-8-18-15(12)20/h4-10H,1-3H3. The first-order valence-corrected chi connectivity index (χ1v) is 7.91. The molecule has 2 heterocycles. The molecule has 0 amide bonds. The van der Waals surface area contributed by atoms with Crippen LogP contribution < -0.4 is 0 Å². The average Bonchev–Trinajstić information content (AvgIpc) is 2.84. The number of nitrogens with zero attached hydrogens (tertiary/aromatic N) is 3. The fraction of sp³-hybridized carbons (Fsp3) is 0.250. The zero-order valence-corrected chi connectivity index (χ0v) is 13.7. The molecule has 0 aliphatic carbocycles. The van der Waals surface area contributed by atoms with E-state index in [2.05, 4.69) is 36.9 Å². The zero-order chi connectivity index (χ0) is 15.0. The Morgan fingerprint density at radius 1 is 1.14 bits per heavy atom. The molecular weight excluding hydrogens is 302 g/mol. The molecule has 0 spiro atoms. The summed E-state index contributed by atoms with van der Waals surface area (Å²) in [5.74, 6) is 0. The van der Waals surface area contributed by atoms with E-state index in [1.165, 1.54) is 0 Å². The normalized spacial score (nSPS) is 12.0. The van der Waals surface area contributed by atoms with E-state index in [9.17, 15) is 0 Å². The van der Waals surface area contributed by atoms with Gasteiger partial charge in [0.25, 0.3) is 0 Å². The lowest BCUT2D eigenvalue weighted by atomic mass is 10.1. The number of aromatic nitrogens is 3. The van der Waals surface area contributed by atoms with Crippen LogP contribution in [-0.2, 0) is 0 Å². The molecule has 3 nitrogen and oxygen atoms in total. The van der Waals surface area contributed by atoms with Gasteiger partial charge in [-0.2, -0.15) is 5.10 Å². The summed E-state index contributed by atoms with van der Waals surface area (Å²) in [6.07, 6.45) is 5.46. The fourth-order valence-electron chi connectivity index (χ4n) is 2.14. The molecule has 0 unspecified atom stereocenters. The summed E-state index contributed by atoms with van der Waals surface area (Å²) in [5, 5.41) is 5.09. The van der Waals surface area contributed by atoms with Gasteiger partial charge >= 0.3 is 0 Å². The highest BCUT2D eigenvalue weighted by molar-refractivity contribution is 8.00. The van der Waals surface area contributed by atoms with Gasteiger partial charge in [0.15, 0.2) is 5.65 Å². The van der Waals surface area contributed by atoms with Crippen LogP contribution >= 0.6 is 23.4 Å². The Morgan fingerprint density at radius 2 is 1.95 bits per heavy atom. The van der Waals surface area contributed by atoms with E-state index in [0.29, 0.717) is 0 Å². The number of fused-ring (bicyclic) bond motifs is 1. The first-order chi connectivity index (χ1) is 9.96. The molecule has 1 aromatic carbocycles. The van der Waals surface area contributed by atoms with Gasteiger partial charge in [0.1, 0.15) is 0 Å². The lowest BCUT2D eigenvalue weighted by molar-refractivity contribution is 0.803. The summed E-state index contributed by atoms with van der Waals surface area (Å²) >= 11 is 8.39. The molecule has 0 saturated carbocycles. The van der Waals surface area contributed by atoms with Crippen molar-refractivity contribution in [3.05, 3.63) is 47.9 Å². The predicted molar refractivity (Wildman–Crippen MR) is 89.0 cm³/mol. The maximum atomic E-state index is 6.62. The van der Waals surface area contributed by atoms with E-state index in [-0.39, 0.29) is 4.75 Å². The molecule has 108 valence electrons. The van der Waals surface area contributed by atoms with Crippen molar-refractivity contribution in [1.82, 2.24) is 14.6 Å². The summed E-state index contributed by atoms with van der Waals surface area (Å²) in [4.78, 5) is 5.48. The van der Waals surface area contributed by atoms with Crippen molar-refractivity contribution in [2.24, 2.45) is 0 Å². The monoisotopic (exact) mass is 317 g/mol. The molecular formula is C16H16ClN3S. The van der Waals surface area contributed by atoms with Gasteiger partial charge < -0.3 is 0 Å². The third-order valence-electron chi connectivity index (χ3n) is 2.95. The highest BCUT2D eigenvalue weighted by Crippen LogP contribution is 2.41. The van der Waals surface area contributed by atoms with Gasteiger partial charge in [0.05, 0.1) is 11.2 Å². The molecule has 2 aromatic heterocycles.